The number of aromatic nitrogens is 4. The number of nitrogens with zero attached hydrogens (tertiary/aromatic N) is 4. The van der Waals surface area contributed by atoms with E-state index in [4.69, 9.17) is 4.98 Å². The molecule has 2 N–H and O–H groups in total. The monoisotopic (exact) mass is 415 g/mol. The zero-order chi connectivity index (χ0) is 20.8. The maximum Gasteiger partial charge on any atom is 0.0962 e. The third-order valence-electron chi connectivity index (χ3n) is 7.12. The summed E-state index contributed by atoms with van der Waals surface area (Å²) >= 11 is 0. The average molecular weight is 416 g/mol. The van der Waals surface area contributed by atoms with E-state index in [9.17, 15) is 5.11 Å². The molecule has 0 spiro atoms. The van der Waals surface area contributed by atoms with E-state index in [1.165, 1.54) is 37.6 Å². The molecule has 1 aliphatic heterocycles. The van der Waals surface area contributed by atoms with Crippen molar-refractivity contribution in [2.75, 3.05) is 18.0 Å². The second-order valence-electron chi connectivity index (χ2n) is 9.18. The number of piperidine rings is 1. The third-order valence-corrected chi connectivity index (χ3v) is 7.12. The van der Waals surface area contributed by atoms with E-state index >= 15 is 0 Å². The van der Waals surface area contributed by atoms with Crippen LogP contribution in [0.1, 0.15) is 51.0 Å². The van der Waals surface area contributed by atoms with Gasteiger partial charge in [0.1, 0.15) is 0 Å². The molecule has 3 heterocycles. The van der Waals surface area contributed by atoms with Crippen molar-refractivity contribution in [1.82, 2.24) is 19.5 Å². The number of β-amino-alcohol motifs (C(OH)–C–C–N with tert-alkyl or cyclic N) is 1. The van der Waals surface area contributed by atoms with E-state index in [-0.39, 0.29) is 6.10 Å². The highest BCUT2D eigenvalue weighted by atomic mass is 16.3. The number of anilines is 1. The van der Waals surface area contributed by atoms with Crippen LogP contribution in [0.5, 0.6) is 0 Å². The maximum absolute atomic E-state index is 10.2. The number of H-pyrrole nitrogens is 1. The van der Waals surface area contributed by atoms with Crippen LogP contribution in [0, 0.1) is 0 Å². The fourth-order valence-electron chi connectivity index (χ4n) is 5.48. The number of fused-ring (bicyclic) bond motifs is 2. The minimum absolute atomic E-state index is 0.255. The van der Waals surface area contributed by atoms with Gasteiger partial charge in [-0.3, -0.25) is 0 Å². The molecule has 160 valence electrons. The van der Waals surface area contributed by atoms with Gasteiger partial charge in [-0.2, -0.15) is 0 Å². The Hall–Kier alpha value is -2.86. The number of aliphatic hydroxyl groups is 1. The van der Waals surface area contributed by atoms with Gasteiger partial charge in [0, 0.05) is 30.4 Å². The first-order valence-electron chi connectivity index (χ1n) is 11.6. The average Bonchev–Trinajstić information content (AvgIpc) is 3.45. The summed E-state index contributed by atoms with van der Waals surface area (Å²) in [6, 6.07) is 11.6. The van der Waals surface area contributed by atoms with Crippen LogP contribution in [0.3, 0.4) is 0 Å². The van der Waals surface area contributed by atoms with E-state index < -0.39 is 0 Å². The molecule has 1 saturated heterocycles. The maximum atomic E-state index is 10.2. The van der Waals surface area contributed by atoms with Crippen LogP contribution >= 0.6 is 0 Å². The molecule has 1 unspecified atom stereocenters. The zero-order valence-electron chi connectivity index (χ0n) is 17.8. The lowest BCUT2D eigenvalue weighted by Gasteiger charge is -2.32. The lowest BCUT2D eigenvalue weighted by Crippen LogP contribution is -2.38. The molecule has 1 atom stereocenters. The van der Waals surface area contributed by atoms with Gasteiger partial charge in [0.05, 0.1) is 40.8 Å². The Kier molecular flexibility index (Phi) is 4.68. The molecule has 6 heteroatoms. The van der Waals surface area contributed by atoms with Crippen LogP contribution in [0.15, 0.2) is 43.0 Å². The summed E-state index contributed by atoms with van der Waals surface area (Å²) in [4.78, 5) is 14.9. The summed E-state index contributed by atoms with van der Waals surface area (Å²) in [5.74, 6) is 0. The number of aliphatic hydroxyl groups excluding tert-OH is 1. The number of imidazole rings is 2. The highest BCUT2D eigenvalue weighted by molar-refractivity contribution is 5.97. The Morgan fingerprint density at radius 1 is 0.968 bits per heavy atom. The Morgan fingerprint density at radius 3 is 2.74 bits per heavy atom. The van der Waals surface area contributed by atoms with E-state index in [1.807, 2.05) is 6.33 Å². The van der Waals surface area contributed by atoms with Crippen LogP contribution in [-0.4, -0.2) is 43.8 Å². The van der Waals surface area contributed by atoms with E-state index in [1.54, 1.807) is 6.33 Å². The molecular formula is C25H29N5O. The van der Waals surface area contributed by atoms with Crippen LogP contribution in [0.2, 0.25) is 0 Å². The van der Waals surface area contributed by atoms with Crippen molar-refractivity contribution >= 4 is 27.8 Å². The smallest absolute Gasteiger partial charge is 0.0962 e. The van der Waals surface area contributed by atoms with Crippen molar-refractivity contribution in [3.63, 3.8) is 0 Å². The molecule has 1 aliphatic carbocycles. The van der Waals surface area contributed by atoms with Gasteiger partial charge in [-0.15, -0.1) is 0 Å². The molecule has 2 fully saturated rings. The van der Waals surface area contributed by atoms with Crippen LogP contribution < -0.4 is 4.90 Å². The van der Waals surface area contributed by atoms with Crippen LogP contribution in [0.4, 0.5) is 5.69 Å². The van der Waals surface area contributed by atoms with Gasteiger partial charge in [-0.25, -0.2) is 9.97 Å². The van der Waals surface area contributed by atoms with Gasteiger partial charge < -0.3 is 19.6 Å². The first kappa shape index (κ1) is 18.9. The summed E-state index contributed by atoms with van der Waals surface area (Å²) in [6.07, 6.45) is 11.9. The van der Waals surface area contributed by atoms with Crippen LogP contribution in [-0.2, 0) is 0 Å². The van der Waals surface area contributed by atoms with Gasteiger partial charge in [0.25, 0.3) is 0 Å². The van der Waals surface area contributed by atoms with Crippen molar-refractivity contribution in [2.24, 2.45) is 0 Å². The van der Waals surface area contributed by atoms with Crippen molar-refractivity contribution in [3.05, 3.63) is 43.0 Å². The standard InChI is InChI=1S/C25H29N5O/c31-20-7-4-10-29(14-20)19-12-21(25-23(13-19)26-15-27-25)17-8-9-24-22(11-17)28-16-30(24)18-5-2-1-3-6-18/h8-9,11-13,15-16,18,20,31H,1-7,10,14H2,(H,26,27). The quantitative estimate of drug-likeness (QED) is 0.491. The third kappa shape index (κ3) is 3.39. The molecule has 0 amide bonds. The molecule has 6 rings (SSSR count). The Bertz CT molecular complexity index is 1220. The number of nitrogens with one attached hydrogen (secondary N) is 1. The fourth-order valence-corrected chi connectivity index (χ4v) is 5.48. The summed E-state index contributed by atoms with van der Waals surface area (Å²) in [5.41, 5.74) is 7.67. The number of hydrogen-bond donors (Lipinski definition) is 2. The first-order chi connectivity index (χ1) is 15.3. The predicted molar refractivity (Wildman–Crippen MR) is 124 cm³/mol. The molecule has 0 radical (unpaired) electrons. The SMILES string of the molecule is OC1CCCN(c2cc(-c3ccc4c(c3)ncn4C3CCCCC3)c3nc[nH]c3c2)C1. The van der Waals surface area contributed by atoms with Gasteiger partial charge in [-0.05, 0) is 55.5 Å². The Morgan fingerprint density at radius 2 is 1.87 bits per heavy atom. The van der Waals surface area contributed by atoms with Gasteiger partial charge in [-0.1, -0.05) is 25.3 Å². The van der Waals surface area contributed by atoms with Crippen LogP contribution in [0.25, 0.3) is 33.2 Å². The lowest BCUT2D eigenvalue weighted by molar-refractivity contribution is 0.154. The second kappa shape index (κ2) is 7.68. The number of benzene rings is 2. The number of hydrogen-bond acceptors (Lipinski definition) is 4. The number of aromatic amines is 1. The van der Waals surface area contributed by atoms with Crippen molar-refractivity contribution in [3.8, 4) is 11.1 Å². The van der Waals surface area contributed by atoms with E-state index in [2.05, 4.69) is 49.8 Å². The molecule has 2 aromatic heterocycles. The van der Waals surface area contributed by atoms with Crippen molar-refractivity contribution in [2.45, 2.75) is 57.1 Å². The Balaban J connectivity index is 1.41. The molecule has 1 saturated carbocycles. The Labute approximate surface area is 181 Å². The summed E-state index contributed by atoms with van der Waals surface area (Å²) in [7, 11) is 0. The van der Waals surface area contributed by atoms with Crippen molar-refractivity contribution < 1.29 is 5.11 Å². The molecule has 31 heavy (non-hydrogen) atoms. The molecular weight excluding hydrogens is 386 g/mol. The topological polar surface area (TPSA) is 70.0 Å². The minimum atomic E-state index is -0.255. The van der Waals surface area contributed by atoms with E-state index in [0.717, 1.165) is 52.8 Å². The molecule has 2 aliphatic rings. The molecule has 6 nitrogen and oxygen atoms in total. The van der Waals surface area contributed by atoms with Gasteiger partial charge >= 0.3 is 0 Å². The largest absolute Gasteiger partial charge is 0.391 e. The normalized spacial score (nSPS) is 20.7. The summed E-state index contributed by atoms with van der Waals surface area (Å²) in [6.45, 7) is 1.66. The second-order valence-corrected chi connectivity index (χ2v) is 9.18. The van der Waals surface area contributed by atoms with Gasteiger partial charge in [0.2, 0.25) is 0 Å². The predicted octanol–water partition coefficient (Wildman–Crippen LogP) is 5.05. The summed E-state index contributed by atoms with van der Waals surface area (Å²) < 4.78 is 2.38. The minimum Gasteiger partial charge on any atom is -0.391 e. The van der Waals surface area contributed by atoms with Crippen molar-refractivity contribution in [1.29, 1.82) is 0 Å². The summed E-state index contributed by atoms with van der Waals surface area (Å²) in [5, 5.41) is 10.2. The highest BCUT2D eigenvalue weighted by Gasteiger charge is 2.21. The zero-order valence-corrected chi connectivity index (χ0v) is 17.8. The molecule has 4 aromatic rings. The lowest BCUT2D eigenvalue weighted by atomic mass is 9.95. The number of rotatable bonds is 3. The fraction of sp³-hybridized carbons (Fsp3) is 0.440. The molecule has 2 aromatic carbocycles. The molecule has 0 bridgehead atoms. The van der Waals surface area contributed by atoms with E-state index in [0.29, 0.717) is 12.6 Å². The van der Waals surface area contributed by atoms with Gasteiger partial charge in [0.15, 0.2) is 0 Å². The highest BCUT2D eigenvalue weighted by Crippen LogP contribution is 2.36. The first-order valence-corrected chi connectivity index (χ1v) is 11.6.